The molecule has 0 aromatic heterocycles. The highest BCUT2D eigenvalue weighted by atomic mass is 127. The summed E-state index contributed by atoms with van der Waals surface area (Å²) in [5.41, 5.74) is 1.21. The predicted octanol–water partition coefficient (Wildman–Crippen LogP) is 3.93. The second-order valence-electron chi connectivity index (χ2n) is 5.89. The molecule has 1 aromatic carbocycles. The molecule has 1 rings (SSSR count). The zero-order valence-electron chi connectivity index (χ0n) is 15.2. The molecule has 24 heavy (non-hydrogen) atoms. The Morgan fingerprint density at radius 2 is 2.08 bits per heavy atom. The van der Waals surface area contributed by atoms with Crippen molar-refractivity contribution in [1.82, 2.24) is 10.2 Å². The maximum Gasteiger partial charge on any atom is 0.193 e. The minimum absolute atomic E-state index is 0. The van der Waals surface area contributed by atoms with E-state index in [-0.39, 0.29) is 24.0 Å². The Hall–Kier alpha value is -1.08. The van der Waals surface area contributed by atoms with Gasteiger partial charge in [0.25, 0.3) is 0 Å². The minimum atomic E-state index is 0. The van der Waals surface area contributed by atoms with Gasteiger partial charge in [0.1, 0.15) is 0 Å². The van der Waals surface area contributed by atoms with E-state index in [2.05, 4.69) is 47.9 Å². The summed E-state index contributed by atoms with van der Waals surface area (Å²) >= 11 is 0. The van der Waals surface area contributed by atoms with Gasteiger partial charge in [-0.2, -0.15) is 0 Å². The third-order valence-electron chi connectivity index (χ3n) is 3.60. The molecule has 0 spiro atoms. The first-order valence-electron chi connectivity index (χ1n) is 8.31. The Labute approximate surface area is 164 Å². The SMILES string of the molecule is C=CCCCN(C)C(=NC)NCC(C)COCc1ccccc1.I. The Balaban J connectivity index is 0.00000529. The molecule has 1 N–H and O–H groups in total. The molecule has 0 bridgehead atoms. The quantitative estimate of drug-likeness (QED) is 0.195. The molecule has 0 radical (unpaired) electrons. The van der Waals surface area contributed by atoms with Crippen molar-refractivity contribution in [1.29, 1.82) is 0 Å². The highest BCUT2D eigenvalue weighted by Gasteiger charge is 2.08. The van der Waals surface area contributed by atoms with Gasteiger partial charge in [-0.05, 0) is 24.3 Å². The van der Waals surface area contributed by atoms with Crippen LogP contribution in [-0.2, 0) is 11.3 Å². The number of hydrogen-bond acceptors (Lipinski definition) is 2. The molecular formula is C19H32IN3O. The molecule has 0 aliphatic rings. The van der Waals surface area contributed by atoms with Crippen molar-refractivity contribution in [2.45, 2.75) is 26.4 Å². The molecule has 0 heterocycles. The second-order valence-corrected chi connectivity index (χ2v) is 5.89. The van der Waals surface area contributed by atoms with Crippen LogP contribution in [0.25, 0.3) is 0 Å². The van der Waals surface area contributed by atoms with E-state index >= 15 is 0 Å². The normalized spacial score (nSPS) is 12.2. The lowest BCUT2D eigenvalue weighted by molar-refractivity contribution is 0.0929. The van der Waals surface area contributed by atoms with Gasteiger partial charge in [0.2, 0.25) is 0 Å². The van der Waals surface area contributed by atoms with E-state index in [0.717, 1.165) is 38.5 Å². The van der Waals surface area contributed by atoms with Crippen LogP contribution in [0.15, 0.2) is 48.0 Å². The number of nitrogens with one attached hydrogen (secondary N) is 1. The van der Waals surface area contributed by atoms with E-state index in [1.54, 1.807) is 0 Å². The van der Waals surface area contributed by atoms with Crippen LogP contribution in [0.5, 0.6) is 0 Å². The van der Waals surface area contributed by atoms with E-state index < -0.39 is 0 Å². The third kappa shape index (κ3) is 9.93. The van der Waals surface area contributed by atoms with E-state index in [9.17, 15) is 0 Å². The first kappa shape index (κ1) is 22.9. The van der Waals surface area contributed by atoms with Gasteiger partial charge in [0.05, 0.1) is 13.2 Å². The van der Waals surface area contributed by atoms with Crippen LogP contribution in [-0.4, -0.2) is 44.7 Å². The molecule has 0 aliphatic carbocycles. The summed E-state index contributed by atoms with van der Waals surface area (Å²) in [7, 11) is 3.89. The molecule has 4 nitrogen and oxygen atoms in total. The van der Waals surface area contributed by atoms with Gasteiger partial charge >= 0.3 is 0 Å². The van der Waals surface area contributed by atoms with Crippen LogP contribution in [0, 0.1) is 5.92 Å². The Morgan fingerprint density at radius 3 is 2.71 bits per heavy atom. The fraction of sp³-hybridized carbons (Fsp3) is 0.526. The van der Waals surface area contributed by atoms with Crippen molar-refractivity contribution in [2.75, 3.05) is 33.8 Å². The topological polar surface area (TPSA) is 36.9 Å². The van der Waals surface area contributed by atoms with Crippen molar-refractivity contribution >= 4 is 29.9 Å². The third-order valence-corrected chi connectivity index (χ3v) is 3.60. The zero-order chi connectivity index (χ0) is 16.9. The molecule has 1 unspecified atom stereocenters. The van der Waals surface area contributed by atoms with E-state index in [0.29, 0.717) is 12.5 Å². The molecule has 136 valence electrons. The minimum Gasteiger partial charge on any atom is -0.376 e. The maximum atomic E-state index is 5.78. The van der Waals surface area contributed by atoms with Crippen LogP contribution >= 0.6 is 24.0 Å². The first-order chi connectivity index (χ1) is 11.2. The number of allylic oxidation sites excluding steroid dienone is 1. The van der Waals surface area contributed by atoms with Crippen LogP contribution in [0.2, 0.25) is 0 Å². The van der Waals surface area contributed by atoms with Gasteiger partial charge in [-0.25, -0.2) is 0 Å². The van der Waals surface area contributed by atoms with E-state index in [1.807, 2.05) is 31.3 Å². The highest BCUT2D eigenvalue weighted by molar-refractivity contribution is 14.0. The van der Waals surface area contributed by atoms with Crippen molar-refractivity contribution in [3.8, 4) is 0 Å². The molecule has 5 heteroatoms. The lowest BCUT2D eigenvalue weighted by atomic mass is 10.2. The Morgan fingerprint density at radius 1 is 1.38 bits per heavy atom. The average molecular weight is 445 g/mol. The first-order valence-corrected chi connectivity index (χ1v) is 8.31. The van der Waals surface area contributed by atoms with Gasteiger partial charge in [-0.3, -0.25) is 4.99 Å². The average Bonchev–Trinajstić information content (AvgIpc) is 2.56. The molecular weight excluding hydrogens is 413 g/mol. The van der Waals surface area contributed by atoms with Gasteiger partial charge in [0.15, 0.2) is 5.96 Å². The number of unbranched alkanes of at least 4 members (excludes halogenated alkanes) is 1. The highest BCUT2D eigenvalue weighted by Crippen LogP contribution is 2.03. The number of guanidine groups is 1. The standard InChI is InChI=1S/C19H31N3O.HI/c1-5-6-10-13-22(4)19(20-3)21-14-17(2)15-23-16-18-11-8-7-9-12-18;/h5,7-9,11-12,17H,1,6,10,13-16H2,2-4H3,(H,20,21);1H. The summed E-state index contributed by atoms with van der Waals surface area (Å²) in [5, 5.41) is 3.41. The van der Waals surface area contributed by atoms with Crippen molar-refractivity contribution in [3.05, 3.63) is 48.6 Å². The Kier molecular flexibility index (Phi) is 13.6. The van der Waals surface area contributed by atoms with Crippen molar-refractivity contribution in [2.24, 2.45) is 10.9 Å². The summed E-state index contributed by atoms with van der Waals surface area (Å²) in [6.45, 7) is 9.17. The number of benzene rings is 1. The molecule has 0 saturated heterocycles. The summed E-state index contributed by atoms with van der Waals surface area (Å²) in [5.74, 6) is 1.36. The lowest BCUT2D eigenvalue weighted by Gasteiger charge is -2.23. The zero-order valence-corrected chi connectivity index (χ0v) is 17.5. The molecule has 0 saturated carbocycles. The van der Waals surface area contributed by atoms with Crippen LogP contribution in [0.1, 0.15) is 25.3 Å². The number of hydrogen-bond donors (Lipinski definition) is 1. The molecule has 0 fully saturated rings. The summed E-state index contributed by atoms with van der Waals surface area (Å²) in [4.78, 5) is 6.49. The molecule has 0 amide bonds. The summed E-state index contributed by atoms with van der Waals surface area (Å²) in [6, 6.07) is 10.3. The molecule has 1 atom stereocenters. The van der Waals surface area contributed by atoms with Crippen LogP contribution < -0.4 is 5.32 Å². The number of aliphatic imine (C=N–C) groups is 1. The fourth-order valence-electron chi connectivity index (χ4n) is 2.24. The van der Waals surface area contributed by atoms with E-state index in [4.69, 9.17) is 4.74 Å². The van der Waals surface area contributed by atoms with Crippen molar-refractivity contribution in [3.63, 3.8) is 0 Å². The smallest absolute Gasteiger partial charge is 0.193 e. The number of nitrogens with zero attached hydrogens (tertiary/aromatic N) is 2. The Bertz CT molecular complexity index is 465. The molecule has 1 aromatic rings. The molecule has 0 aliphatic heterocycles. The van der Waals surface area contributed by atoms with Crippen LogP contribution in [0.3, 0.4) is 0 Å². The number of rotatable bonds is 10. The van der Waals surface area contributed by atoms with Gasteiger partial charge in [-0.1, -0.05) is 43.3 Å². The fourth-order valence-corrected chi connectivity index (χ4v) is 2.24. The summed E-state index contributed by atoms with van der Waals surface area (Å²) in [6.07, 6.45) is 4.08. The maximum absolute atomic E-state index is 5.78. The van der Waals surface area contributed by atoms with Crippen LogP contribution in [0.4, 0.5) is 0 Å². The number of ether oxygens (including phenoxy) is 1. The lowest BCUT2D eigenvalue weighted by Crippen LogP contribution is -2.41. The van der Waals surface area contributed by atoms with E-state index in [1.165, 1.54) is 5.56 Å². The van der Waals surface area contributed by atoms with Crippen molar-refractivity contribution < 1.29 is 4.74 Å². The monoisotopic (exact) mass is 445 g/mol. The second kappa shape index (κ2) is 14.3. The van der Waals surface area contributed by atoms with Gasteiger partial charge in [-0.15, -0.1) is 30.6 Å². The number of halogens is 1. The largest absolute Gasteiger partial charge is 0.376 e. The summed E-state index contributed by atoms with van der Waals surface area (Å²) < 4.78 is 5.78. The van der Waals surface area contributed by atoms with Gasteiger partial charge in [0, 0.05) is 27.2 Å². The predicted molar refractivity (Wildman–Crippen MR) is 114 cm³/mol. The van der Waals surface area contributed by atoms with Gasteiger partial charge < -0.3 is 15.0 Å².